The highest BCUT2D eigenvalue weighted by Gasteiger charge is 2.62. The molecule has 6 nitrogen and oxygen atoms in total. The lowest BCUT2D eigenvalue weighted by Gasteiger charge is -2.39. The molecular weight excluding hydrogens is 340 g/mol. The van der Waals surface area contributed by atoms with E-state index in [-0.39, 0.29) is 11.8 Å². The Kier molecular flexibility index (Phi) is 3.17. The predicted molar refractivity (Wildman–Crippen MR) is 93.1 cm³/mol. The molecule has 0 amide bonds. The van der Waals surface area contributed by atoms with Crippen molar-refractivity contribution in [3.05, 3.63) is 41.8 Å². The summed E-state index contributed by atoms with van der Waals surface area (Å²) in [6.07, 6.45) is 2.26. The van der Waals surface area contributed by atoms with E-state index in [9.17, 15) is 9.59 Å². The maximum atomic E-state index is 12.1. The SMILES string of the molecule is O=C1C=CC(=O)OC2(O1)C1CNCC1CN2c1ccc2sccc2c1. The molecule has 1 aromatic heterocycles. The fraction of sp³-hybridized carbons (Fsp3) is 0.333. The van der Waals surface area contributed by atoms with E-state index in [2.05, 4.69) is 17.4 Å². The minimum Gasteiger partial charge on any atom is -0.400 e. The first-order valence-electron chi connectivity index (χ1n) is 8.25. The molecule has 2 atom stereocenters. The van der Waals surface area contributed by atoms with Gasteiger partial charge in [-0.05, 0) is 35.0 Å². The van der Waals surface area contributed by atoms with Crippen LogP contribution < -0.4 is 10.2 Å². The molecule has 4 heterocycles. The van der Waals surface area contributed by atoms with Gasteiger partial charge in [0, 0.05) is 48.1 Å². The summed E-state index contributed by atoms with van der Waals surface area (Å²) in [7, 11) is 0. The summed E-state index contributed by atoms with van der Waals surface area (Å²) < 4.78 is 12.6. The van der Waals surface area contributed by atoms with E-state index in [4.69, 9.17) is 9.47 Å². The molecule has 5 rings (SSSR count). The van der Waals surface area contributed by atoms with Gasteiger partial charge in [0.25, 0.3) is 0 Å². The van der Waals surface area contributed by atoms with Crippen LogP contribution in [0.4, 0.5) is 5.69 Å². The molecule has 2 fully saturated rings. The molecule has 0 aliphatic carbocycles. The number of anilines is 1. The van der Waals surface area contributed by atoms with Crippen molar-refractivity contribution in [1.82, 2.24) is 5.32 Å². The van der Waals surface area contributed by atoms with Crippen LogP contribution in [-0.2, 0) is 19.1 Å². The maximum Gasteiger partial charge on any atom is 0.347 e. The van der Waals surface area contributed by atoms with Gasteiger partial charge in [-0.25, -0.2) is 9.59 Å². The lowest BCUT2D eigenvalue weighted by Crippen LogP contribution is -2.55. The molecule has 1 aromatic carbocycles. The largest absolute Gasteiger partial charge is 0.400 e. The van der Waals surface area contributed by atoms with Gasteiger partial charge in [-0.3, -0.25) is 4.90 Å². The van der Waals surface area contributed by atoms with E-state index in [1.165, 1.54) is 4.70 Å². The number of hydrogen-bond acceptors (Lipinski definition) is 7. The number of ether oxygens (including phenoxy) is 2. The Balaban J connectivity index is 1.63. The Morgan fingerprint density at radius 3 is 2.72 bits per heavy atom. The first kappa shape index (κ1) is 14.9. The molecule has 3 aliphatic rings. The van der Waals surface area contributed by atoms with E-state index < -0.39 is 17.8 Å². The highest BCUT2D eigenvalue weighted by Crippen LogP contribution is 2.46. The van der Waals surface area contributed by atoms with Crippen LogP contribution in [0.1, 0.15) is 0 Å². The van der Waals surface area contributed by atoms with Gasteiger partial charge >= 0.3 is 17.8 Å². The number of fused-ring (bicyclic) bond motifs is 3. The predicted octanol–water partition coefficient (Wildman–Crippen LogP) is 1.87. The van der Waals surface area contributed by atoms with Gasteiger partial charge < -0.3 is 14.8 Å². The molecule has 2 saturated heterocycles. The lowest BCUT2D eigenvalue weighted by molar-refractivity contribution is -0.230. The van der Waals surface area contributed by atoms with E-state index in [0.29, 0.717) is 13.1 Å². The number of hydrogen-bond donors (Lipinski definition) is 1. The zero-order valence-corrected chi connectivity index (χ0v) is 14.1. The van der Waals surface area contributed by atoms with Crippen molar-refractivity contribution in [2.45, 2.75) is 5.91 Å². The van der Waals surface area contributed by atoms with Crippen LogP contribution in [0.3, 0.4) is 0 Å². The van der Waals surface area contributed by atoms with Gasteiger partial charge in [0.2, 0.25) is 0 Å². The number of thiophene rings is 1. The quantitative estimate of drug-likeness (QED) is 0.787. The van der Waals surface area contributed by atoms with Crippen molar-refractivity contribution in [1.29, 1.82) is 0 Å². The normalized spacial score (nSPS) is 27.4. The monoisotopic (exact) mass is 356 g/mol. The molecule has 0 saturated carbocycles. The summed E-state index contributed by atoms with van der Waals surface area (Å²) in [5.41, 5.74) is 0.891. The summed E-state index contributed by atoms with van der Waals surface area (Å²) in [5.74, 6) is -2.36. The second-order valence-corrected chi connectivity index (χ2v) is 7.53. The van der Waals surface area contributed by atoms with Crippen molar-refractivity contribution in [2.24, 2.45) is 11.8 Å². The van der Waals surface area contributed by atoms with Gasteiger partial charge in [-0.15, -0.1) is 11.3 Å². The van der Waals surface area contributed by atoms with Gasteiger partial charge in [0.15, 0.2) is 0 Å². The van der Waals surface area contributed by atoms with Crippen molar-refractivity contribution >= 4 is 39.0 Å². The lowest BCUT2D eigenvalue weighted by atomic mass is 9.97. The maximum absolute atomic E-state index is 12.1. The summed E-state index contributed by atoms with van der Waals surface area (Å²) in [5, 5.41) is 6.48. The molecule has 2 unspecified atom stereocenters. The summed E-state index contributed by atoms with van der Waals surface area (Å²) in [6, 6.07) is 8.16. The Labute approximate surface area is 148 Å². The Morgan fingerprint density at radius 2 is 1.92 bits per heavy atom. The molecule has 1 spiro atoms. The van der Waals surface area contributed by atoms with Crippen molar-refractivity contribution in [2.75, 3.05) is 24.5 Å². The van der Waals surface area contributed by atoms with E-state index in [1.807, 2.05) is 22.4 Å². The average Bonchev–Trinajstić information content (AvgIpc) is 3.27. The molecule has 25 heavy (non-hydrogen) atoms. The van der Waals surface area contributed by atoms with Gasteiger partial charge in [-0.2, -0.15) is 0 Å². The minimum atomic E-state index is -1.39. The molecule has 0 radical (unpaired) electrons. The van der Waals surface area contributed by atoms with Crippen LogP contribution in [0.25, 0.3) is 10.1 Å². The van der Waals surface area contributed by atoms with Crippen LogP contribution >= 0.6 is 11.3 Å². The number of carbonyl (C=O) groups excluding carboxylic acids is 2. The van der Waals surface area contributed by atoms with Crippen LogP contribution in [-0.4, -0.2) is 37.5 Å². The Morgan fingerprint density at radius 1 is 1.12 bits per heavy atom. The standard InChI is InChI=1S/C18H16N2O4S/c21-16-3-4-17(22)24-18(23-16)14-9-19-8-12(14)10-20(18)13-1-2-15-11(7-13)5-6-25-15/h1-7,12,14,19H,8-10H2. The van der Waals surface area contributed by atoms with Gasteiger partial charge in [-0.1, -0.05) is 0 Å². The topological polar surface area (TPSA) is 67.9 Å². The fourth-order valence-corrected chi connectivity index (χ4v) is 4.87. The van der Waals surface area contributed by atoms with Crippen molar-refractivity contribution in [3.8, 4) is 0 Å². The molecule has 2 aromatic rings. The van der Waals surface area contributed by atoms with Crippen LogP contribution in [0.5, 0.6) is 0 Å². The van der Waals surface area contributed by atoms with E-state index in [0.717, 1.165) is 29.8 Å². The first-order valence-corrected chi connectivity index (χ1v) is 9.13. The minimum absolute atomic E-state index is 0.0986. The Bertz CT molecular complexity index is 885. The summed E-state index contributed by atoms with van der Waals surface area (Å²) in [4.78, 5) is 26.2. The zero-order valence-electron chi connectivity index (χ0n) is 13.3. The number of benzene rings is 1. The second-order valence-electron chi connectivity index (χ2n) is 6.58. The molecule has 128 valence electrons. The third kappa shape index (κ3) is 2.19. The van der Waals surface area contributed by atoms with Gasteiger partial charge in [0.1, 0.15) is 0 Å². The molecule has 0 bridgehead atoms. The summed E-state index contributed by atoms with van der Waals surface area (Å²) >= 11 is 1.68. The number of carbonyl (C=O) groups is 2. The van der Waals surface area contributed by atoms with Gasteiger partial charge in [0.05, 0.1) is 5.92 Å². The fourth-order valence-electron chi connectivity index (χ4n) is 4.10. The average molecular weight is 356 g/mol. The second kappa shape index (κ2) is 5.31. The van der Waals surface area contributed by atoms with Crippen LogP contribution in [0.2, 0.25) is 0 Å². The molecule has 3 aliphatic heterocycles. The molecule has 1 N–H and O–H groups in total. The highest BCUT2D eigenvalue weighted by molar-refractivity contribution is 7.17. The third-order valence-electron chi connectivity index (χ3n) is 5.20. The Hall–Kier alpha value is -2.38. The number of nitrogens with one attached hydrogen (secondary N) is 1. The van der Waals surface area contributed by atoms with E-state index >= 15 is 0 Å². The number of rotatable bonds is 1. The number of esters is 2. The van der Waals surface area contributed by atoms with Crippen molar-refractivity contribution < 1.29 is 19.1 Å². The molecule has 7 heteroatoms. The van der Waals surface area contributed by atoms with Crippen LogP contribution in [0, 0.1) is 11.8 Å². The van der Waals surface area contributed by atoms with E-state index in [1.54, 1.807) is 11.3 Å². The first-order chi connectivity index (χ1) is 12.2. The zero-order chi connectivity index (χ0) is 17.0. The smallest absolute Gasteiger partial charge is 0.347 e. The summed E-state index contributed by atoms with van der Waals surface area (Å²) in [6.45, 7) is 2.11. The number of nitrogens with zero attached hydrogens (tertiary/aromatic N) is 1. The molecular formula is C18H16N2O4S. The van der Waals surface area contributed by atoms with Crippen LogP contribution in [0.15, 0.2) is 41.8 Å². The third-order valence-corrected chi connectivity index (χ3v) is 6.10. The highest BCUT2D eigenvalue weighted by atomic mass is 32.1. The van der Waals surface area contributed by atoms with Crippen molar-refractivity contribution in [3.63, 3.8) is 0 Å².